The van der Waals surface area contributed by atoms with Crippen molar-refractivity contribution in [2.45, 2.75) is 39.2 Å². The Morgan fingerprint density at radius 2 is 2.04 bits per heavy atom. The molecule has 2 aromatic carbocycles. The van der Waals surface area contributed by atoms with Crippen LogP contribution in [-0.2, 0) is 17.8 Å². The van der Waals surface area contributed by atoms with Crippen LogP contribution in [0.1, 0.15) is 37.6 Å². The fraction of sp³-hybridized carbons (Fsp3) is 0.286. The van der Waals surface area contributed by atoms with E-state index in [4.69, 9.17) is 10.2 Å². The second-order valence-corrected chi connectivity index (χ2v) is 6.30. The molecule has 0 radical (unpaired) electrons. The average molecular weight is 346 g/mol. The van der Waals surface area contributed by atoms with Gasteiger partial charge in [0.15, 0.2) is 0 Å². The van der Waals surface area contributed by atoms with Gasteiger partial charge in [-0.05, 0) is 36.8 Å². The molecule has 5 nitrogen and oxygen atoms in total. The summed E-state index contributed by atoms with van der Waals surface area (Å²) in [6.07, 6.45) is 4.22. The maximum Gasteiger partial charge on any atom is 0.244 e. The zero-order valence-electron chi connectivity index (χ0n) is 14.9. The molecule has 0 spiro atoms. The first-order valence-corrected chi connectivity index (χ1v) is 8.95. The van der Waals surface area contributed by atoms with E-state index < -0.39 is 0 Å². The van der Waals surface area contributed by atoms with E-state index in [1.165, 1.54) is 0 Å². The van der Waals surface area contributed by atoms with Crippen LogP contribution in [0.2, 0.25) is 0 Å². The Morgan fingerprint density at radius 1 is 1.19 bits per heavy atom. The van der Waals surface area contributed by atoms with E-state index in [2.05, 4.69) is 18.3 Å². The fourth-order valence-electron chi connectivity index (χ4n) is 3.04. The van der Waals surface area contributed by atoms with E-state index in [1.807, 2.05) is 28.8 Å². The van der Waals surface area contributed by atoms with E-state index in [0.29, 0.717) is 11.3 Å². The summed E-state index contributed by atoms with van der Waals surface area (Å²) in [6, 6.07) is 16.9. The van der Waals surface area contributed by atoms with Crippen LogP contribution in [0.5, 0.6) is 0 Å². The van der Waals surface area contributed by atoms with E-state index in [-0.39, 0.29) is 12.5 Å². The number of nitriles is 1. The first kappa shape index (κ1) is 17.7. The van der Waals surface area contributed by atoms with Gasteiger partial charge >= 0.3 is 0 Å². The molecule has 1 aromatic heterocycles. The SMILES string of the molecule is CCCCCc1nc2ccccc2n1CC(=O)Nc1cccc(C#N)c1. The first-order valence-electron chi connectivity index (χ1n) is 8.95. The molecule has 1 N–H and O–H groups in total. The van der Waals surface area contributed by atoms with E-state index >= 15 is 0 Å². The molecule has 5 heteroatoms. The number of aryl methyl sites for hydroxylation is 1. The van der Waals surface area contributed by atoms with Gasteiger partial charge < -0.3 is 9.88 Å². The third kappa shape index (κ3) is 4.09. The summed E-state index contributed by atoms with van der Waals surface area (Å²) in [4.78, 5) is 17.3. The molecule has 3 aromatic rings. The van der Waals surface area contributed by atoms with Crippen LogP contribution >= 0.6 is 0 Å². The molecule has 132 valence electrons. The summed E-state index contributed by atoms with van der Waals surface area (Å²) >= 11 is 0. The number of fused-ring (bicyclic) bond motifs is 1. The Hall–Kier alpha value is -3.13. The number of aromatic nitrogens is 2. The van der Waals surface area contributed by atoms with Crippen molar-refractivity contribution in [3.8, 4) is 6.07 Å². The van der Waals surface area contributed by atoms with Crippen molar-refractivity contribution >= 4 is 22.6 Å². The minimum atomic E-state index is -0.125. The van der Waals surface area contributed by atoms with Crippen LogP contribution in [0.25, 0.3) is 11.0 Å². The number of unbranched alkanes of at least 4 members (excludes halogenated alkanes) is 2. The van der Waals surface area contributed by atoms with E-state index in [9.17, 15) is 4.79 Å². The van der Waals surface area contributed by atoms with Crippen molar-refractivity contribution < 1.29 is 4.79 Å². The molecule has 0 saturated heterocycles. The monoisotopic (exact) mass is 346 g/mol. The normalized spacial score (nSPS) is 10.6. The van der Waals surface area contributed by atoms with E-state index in [1.54, 1.807) is 24.3 Å². The molecule has 0 unspecified atom stereocenters. The maximum absolute atomic E-state index is 12.6. The van der Waals surface area contributed by atoms with Gasteiger partial charge in [0.2, 0.25) is 5.91 Å². The molecule has 26 heavy (non-hydrogen) atoms. The Morgan fingerprint density at radius 3 is 2.85 bits per heavy atom. The molecule has 1 heterocycles. The van der Waals surface area contributed by atoms with Crippen LogP contribution in [0.4, 0.5) is 5.69 Å². The number of carbonyl (C=O) groups excluding carboxylic acids is 1. The number of nitrogens with zero attached hydrogens (tertiary/aromatic N) is 3. The standard InChI is InChI=1S/C21H22N4O/c1-2-3-4-12-20-24-18-10-5-6-11-19(18)25(20)15-21(26)23-17-9-7-8-16(13-17)14-22/h5-11,13H,2-4,12,15H2,1H3,(H,23,26). The number of hydrogen-bond acceptors (Lipinski definition) is 3. The van der Waals surface area contributed by atoms with Crippen molar-refractivity contribution in [1.82, 2.24) is 9.55 Å². The van der Waals surface area contributed by atoms with Crippen LogP contribution in [0, 0.1) is 11.3 Å². The third-order valence-electron chi connectivity index (χ3n) is 4.31. The number of rotatable bonds is 7. The van der Waals surface area contributed by atoms with Crippen LogP contribution < -0.4 is 5.32 Å². The van der Waals surface area contributed by atoms with Crippen LogP contribution in [-0.4, -0.2) is 15.5 Å². The smallest absolute Gasteiger partial charge is 0.244 e. The highest BCUT2D eigenvalue weighted by Crippen LogP contribution is 2.18. The third-order valence-corrected chi connectivity index (χ3v) is 4.31. The minimum absolute atomic E-state index is 0.125. The summed E-state index contributed by atoms with van der Waals surface area (Å²) in [5, 5.41) is 11.9. The van der Waals surface area contributed by atoms with Gasteiger partial charge in [-0.25, -0.2) is 4.98 Å². The summed E-state index contributed by atoms with van der Waals surface area (Å²) in [5.74, 6) is 0.820. The van der Waals surface area contributed by atoms with Gasteiger partial charge in [-0.15, -0.1) is 0 Å². The van der Waals surface area contributed by atoms with Crippen molar-refractivity contribution in [3.05, 3.63) is 59.9 Å². The molecular weight excluding hydrogens is 324 g/mol. The molecule has 0 atom stereocenters. The molecule has 3 rings (SSSR count). The second-order valence-electron chi connectivity index (χ2n) is 6.30. The topological polar surface area (TPSA) is 70.7 Å². The Kier molecular flexibility index (Phi) is 5.65. The highest BCUT2D eigenvalue weighted by atomic mass is 16.1. The van der Waals surface area contributed by atoms with Gasteiger partial charge in [-0.2, -0.15) is 5.26 Å². The summed E-state index contributed by atoms with van der Waals surface area (Å²) in [7, 11) is 0. The summed E-state index contributed by atoms with van der Waals surface area (Å²) in [6.45, 7) is 2.38. The largest absolute Gasteiger partial charge is 0.324 e. The van der Waals surface area contributed by atoms with Crippen molar-refractivity contribution in [3.63, 3.8) is 0 Å². The van der Waals surface area contributed by atoms with Gasteiger partial charge in [-0.3, -0.25) is 4.79 Å². The van der Waals surface area contributed by atoms with Gasteiger partial charge in [0.05, 0.1) is 22.7 Å². The number of para-hydroxylation sites is 2. The lowest BCUT2D eigenvalue weighted by Gasteiger charge is -2.10. The lowest BCUT2D eigenvalue weighted by atomic mass is 10.2. The number of carbonyl (C=O) groups is 1. The van der Waals surface area contributed by atoms with Crippen LogP contribution in [0.15, 0.2) is 48.5 Å². The molecule has 0 aliphatic heterocycles. The predicted octanol–water partition coefficient (Wildman–Crippen LogP) is 4.28. The predicted molar refractivity (Wildman–Crippen MR) is 103 cm³/mol. The zero-order valence-corrected chi connectivity index (χ0v) is 14.9. The number of nitrogens with one attached hydrogen (secondary N) is 1. The second kappa shape index (κ2) is 8.30. The van der Waals surface area contributed by atoms with Gasteiger partial charge in [0.25, 0.3) is 0 Å². The summed E-state index contributed by atoms with van der Waals surface area (Å²) < 4.78 is 1.99. The lowest BCUT2D eigenvalue weighted by Crippen LogP contribution is -2.20. The van der Waals surface area contributed by atoms with Crippen LogP contribution in [0.3, 0.4) is 0 Å². The highest BCUT2D eigenvalue weighted by Gasteiger charge is 2.13. The average Bonchev–Trinajstić information content (AvgIpc) is 2.99. The van der Waals surface area contributed by atoms with Gasteiger partial charge in [0.1, 0.15) is 12.4 Å². The molecule has 0 bridgehead atoms. The highest BCUT2D eigenvalue weighted by molar-refractivity contribution is 5.92. The molecule has 0 saturated carbocycles. The quantitative estimate of drug-likeness (QED) is 0.649. The number of imidazole rings is 1. The van der Waals surface area contributed by atoms with Gasteiger partial charge in [-0.1, -0.05) is 38.0 Å². The maximum atomic E-state index is 12.6. The number of amides is 1. The minimum Gasteiger partial charge on any atom is -0.324 e. The van der Waals surface area contributed by atoms with Crippen molar-refractivity contribution in [2.75, 3.05) is 5.32 Å². The summed E-state index contributed by atoms with van der Waals surface area (Å²) in [5.41, 5.74) is 3.04. The fourth-order valence-corrected chi connectivity index (χ4v) is 3.04. The lowest BCUT2D eigenvalue weighted by molar-refractivity contribution is -0.116. The first-order chi connectivity index (χ1) is 12.7. The Balaban J connectivity index is 1.81. The zero-order chi connectivity index (χ0) is 18.4. The molecule has 0 aliphatic rings. The Bertz CT molecular complexity index is 952. The molecule has 0 aliphatic carbocycles. The number of hydrogen-bond donors (Lipinski definition) is 1. The van der Waals surface area contributed by atoms with Crippen molar-refractivity contribution in [2.24, 2.45) is 0 Å². The molecule has 0 fully saturated rings. The van der Waals surface area contributed by atoms with Crippen molar-refractivity contribution in [1.29, 1.82) is 5.26 Å². The number of benzene rings is 2. The molecule has 1 amide bonds. The van der Waals surface area contributed by atoms with Gasteiger partial charge in [0, 0.05) is 12.1 Å². The number of anilines is 1. The molecular formula is C21H22N4O. The Labute approximate surface area is 153 Å². The van der Waals surface area contributed by atoms with E-state index in [0.717, 1.165) is 42.5 Å².